The number of hydrogen-bond donors (Lipinski definition) is 1. The van der Waals surface area contributed by atoms with E-state index in [1.807, 2.05) is 29.7 Å². The predicted molar refractivity (Wildman–Crippen MR) is 105 cm³/mol. The summed E-state index contributed by atoms with van der Waals surface area (Å²) < 4.78 is 15.2. The van der Waals surface area contributed by atoms with Crippen LogP contribution in [-0.4, -0.2) is 15.3 Å². The van der Waals surface area contributed by atoms with Crippen molar-refractivity contribution >= 4 is 17.4 Å². The Kier molecular flexibility index (Phi) is 4.92. The van der Waals surface area contributed by atoms with Crippen molar-refractivity contribution < 1.29 is 9.18 Å². The van der Waals surface area contributed by atoms with Gasteiger partial charge >= 0.3 is 0 Å². The van der Waals surface area contributed by atoms with Crippen LogP contribution < -0.4 is 5.32 Å². The molecule has 0 radical (unpaired) electrons. The van der Waals surface area contributed by atoms with Gasteiger partial charge in [0, 0.05) is 18.2 Å². The zero-order valence-electron chi connectivity index (χ0n) is 15.5. The molecule has 1 fully saturated rings. The van der Waals surface area contributed by atoms with E-state index in [4.69, 9.17) is 0 Å². The van der Waals surface area contributed by atoms with E-state index in [1.165, 1.54) is 37.8 Å². The summed E-state index contributed by atoms with van der Waals surface area (Å²) in [6, 6.07) is 10.2. The minimum atomic E-state index is -0.291. The number of fused-ring (bicyclic) bond motifs is 1. The van der Waals surface area contributed by atoms with Gasteiger partial charge < -0.3 is 5.32 Å². The summed E-state index contributed by atoms with van der Waals surface area (Å²) in [7, 11) is 0. The fourth-order valence-corrected chi connectivity index (χ4v) is 3.90. The number of nitrogens with one attached hydrogen (secondary N) is 1. The van der Waals surface area contributed by atoms with Crippen LogP contribution >= 0.6 is 0 Å². The highest BCUT2D eigenvalue weighted by molar-refractivity contribution is 5.94. The normalized spacial score (nSPS) is 14.7. The highest BCUT2D eigenvalue weighted by atomic mass is 19.1. The van der Waals surface area contributed by atoms with E-state index in [-0.39, 0.29) is 11.7 Å². The Morgan fingerprint density at radius 3 is 2.70 bits per heavy atom. The first-order valence-corrected chi connectivity index (χ1v) is 9.64. The van der Waals surface area contributed by atoms with Gasteiger partial charge in [-0.1, -0.05) is 25.7 Å². The van der Waals surface area contributed by atoms with Crippen LogP contribution in [0.3, 0.4) is 0 Å². The van der Waals surface area contributed by atoms with Crippen molar-refractivity contribution in [3.05, 3.63) is 54.0 Å². The summed E-state index contributed by atoms with van der Waals surface area (Å²) in [5, 5.41) is 3.06. The van der Waals surface area contributed by atoms with Crippen LogP contribution in [0.4, 0.5) is 10.2 Å². The van der Waals surface area contributed by atoms with Crippen LogP contribution in [-0.2, 0) is 4.79 Å². The quantitative estimate of drug-likeness (QED) is 0.662. The van der Waals surface area contributed by atoms with Crippen LogP contribution in [0, 0.1) is 18.7 Å². The number of pyridine rings is 1. The number of amides is 1. The van der Waals surface area contributed by atoms with E-state index in [1.54, 1.807) is 12.1 Å². The molecule has 1 aromatic carbocycles. The van der Waals surface area contributed by atoms with Gasteiger partial charge in [-0.25, -0.2) is 9.37 Å². The van der Waals surface area contributed by atoms with Gasteiger partial charge in [-0.15, -0.1) is 0 Å². The summed E-state index contributed by atoms with van der Waals surface area (Å²) in [6.45, 7) is 2.01. The largest absolute Gasteiger partial charge is 0.310 e. The number of hydrogen-bond acceptors (Lipinski definition) is 2. The highest BCUT2D eigenvalue weighted by Crippen LogP contribution is 2.31. The molecule has 0 bridgehead atoms. The molecule has 1 aliphatic carbocycles. The molecule has 1 aliphatic rings. The molecule has 1 amide bonds. The predicted octanol–water partition coefficient (Wildman–Crippen LogP) is 5.36. The van der Waals surface area contributed by atoms with E-state index in [0.29, 0.717) is 23.9 Å². The van der Waals surface area contributed by atoms with Gasteiger partial charge in [0.1, 0.15) is 23.0 Å². The zero-order valence-corrected chi connectivity index (χ0v) is 15.5. The van der Waals surface area contributed by atoms with Crippen molar-refractivity contribution in [3.8, 4) is 11.3 Å². The lowest BCUT2D eigenvalue weighted by atomic mass is 10.0. The van der Waals surface area contributed by atoms with Crippen molar-refractivity contribution in [2.45, 2.75) is 45.4 Å². The summed E-state index contributed by atoms with van der Waals surface area (Å²) in [5.74, 6) is 1.04. The maximum atomic E-state index is 13.3. The number of carbonyl (C=O) groups is 1. The molecule has 5 heteroatoms. The molecular formula is C22H24FN3O. The average molecular weight is 365 g/mol. The second-order valence-electron chi connectivity index (χ2n) is 7.49. The molecule has 1 saturated carbocycles. The molecule has 2 heterocycles. The van der Waals surface area contributed by atoms with Gasteiger partial charge in [0.25, 0.3) is 0 Å². The number of rotatable bonds is 5. The van der Waals surface area contributed by atoms with Crippen LogP contribution in [0.2, 0.25) is 0 Å². The summed E-state index contributed by atoms with van der Waals surface area (Å²) >= 11 is 0. The molecule has 3 aromatic rings. The van der Waals surface area contributed by atoms with Crippen molar-refractivity contribution in [2.24, 2.45) is 5.92 Å². The van der Waals surface area contributed by atoms with Crippen molar-refractivity contribution in [1.29, 1.82) is 0 Å². The number of imidazole rings is 1. The zero-order chi connectivity index (χ0) is 18.8. The first-order valence-electron chi connectivity index (χ1n) is 9.64. The van der Waals surface area contributed by atoms with Gasteiger partial charge in [-0.3, -0.25) is 9.20 Å². The average Bonchev–Trinajstić information content (AvgIpc) is 3.29. The molecule has 0 atom stereocenters. The number of nitrogens with zero attached hydrogens (tertiary/aromatic N) is 2. The minimum Gasteiger partial charge on any atom is -0.310 e. The lowest BCUT2D eigenvalue weighted by Gasteiger charge is -2.10. The Hall–Kier alpha value is -2.69. The summed E-state index contributed by atoms with van der Waals surface area (Å²) in [4.78, 5) is 17.3. The fraction of sp³-hybridized carbons (Fsp3) is 0.364. The van der Waals surface area contributed by atoms with Crippen molar-refractivity contribution in [3.63, 3.8) is 0 Å². The molecular weight excluding hydrogens is 341 g/mol. The standard InChI is InChI=1S/C22H24FN3O/c1-15-12-13-26-19(14-15)24-21(17-7-9-18(23)10-8-17)22(26)25-20(27)11-6-16-4-2-3-5-16/h7-10,12-14,16H,2-6,11H2,1H3,(H,25,27). The molecule has 0 saturated heterocycles. The molecule has 0 aliphatic heterocycles. The lowest BCUT2D eigenvalue weighted by Crippen LogP contribution is -2.14. The topological polar surface area (TPSA) is 46.4 Å². The van der Waals surface area contributed by atoms with Gasteiger partial charge in [0.2, 0.25) is 5.91 Å². The molecule has 4 rings (SSSR count). The number of aryl methyl sites for hydroxylation is 1. The monoisotopic (exact) mass is 365 g/mol. The molecule has 1 N–H and O–H groups in total. The molecule has 0 unspecified atom stereocenters. The summed E-state index contributed by atoms with van der Waals surface area (Å²) in [5.41, 5.74) is 3.30. The highest BCUT2D eigenvalue weighted by Gasteiger charge is 2.19. The third-order valence-electron chi connectivity index (χ3n) is 5.41. The molecule has 140 valence electrons. The maximum Gasteiger partial charge on any atom is 0.225 e. The molecule has 0 spiro atoms. The Labute approximate surface area is 158 Å². The van der Waals surface area contributed by atoms with Crippen LogP contribution in [0.15, 0.2) is 42.6 Å². The van der Waals surface area contributed by atoms with Crippen LogP contribution in [0.5, 0.6) is 0 Å². The molecule has 27 heavy (non-hydrogen) atoms. The van der Waals surface area contributed by atoms with E-state index in [0.717, 1.165) is 23.2 Å². The smallest absolute Gasteiger partial charge is 0.225 e. The van der Waals surface area contributed by atoms with E-state index in [9.17, 15) is 9.18 Å². The number of anilines is 1. The maximum absolute atomic E-state index is 13.3. The number of halogens is 1. The van der Waals surface area contributed by atoms with Crippen LogP contribution in [0.1, 0.15) is 44.1 Å². The second-order valence-corrected chi connectivity index (χ2v) is 7.49. The Morgan fingerprint density at radius 2 is 1.96 bits per heavy atom. The third-order valence-corrected chi connectivity index (χ3v) is 5.41. The first kappa shape index (κ1) is 17.7. The van der Waals surface area contributed by atoms with Gasteiger partial charge in [-0.2, -0.15) is 0 Å². The SMILES string of the molecule is Cc1ccn2c(NC(=O)CCC3CCCC3)c(-c3ccc(F)cc3)nc2c1. The Bertz CT molecular complexity index is 956. The van der Waals surface area contributed by atoms with Crippen LogP contribution in [0.25, 0.3) is 16.9 Å². The van der Waals surface area contributed by atoms with Gasteiger partial charge in [0.15, 0.2) is 0 Å². The van der Waals surface area contributed by atoms with E-state index in [2.05, 4.69) is 10.3 Å². The van der Waals surface area contributed by atoms with Crippen molar-refractivity contribution in [2.75, 3.05) is 5.32 Å². The third kappa shape index (κ3) is 3.87. The van der Waals surface area contributed by atoms with Gasteiger partial charge in [-0.05, 0) is 61.2 Å². The van der Waals surface area contributed by atoms with Gasteiger partial charge in [0.05, 0.1) is 0 Å². The van der Waals surface area contributed by atoms with Crippen molar-refractivity contribution in [1.82, 2.24) is 9.38 Å². The van der Waals surface area contributed by atoms with E-state index >= 15 is 0 Å². The first-order chi connectivity index (χ1) is 13.1. The molecule has 4 nitrogen and oxygen atoms in total. The second kappa shape index (κ2) is 7.51. The van der Waals surface area contributed by atoms with E-state index < -0.39 is 0 Å². The molecule has 2 aromatic heterocycles. The number of benzene rings is 1. The Morgan fingerprint density at radius 1 is 1.22 bits per heavy atom. The summed E-state index contributed by atoms with van der Waals surface area (Å²) in [6.07, 6.45) is 8.42. The number of aromatic nitrogens is 2. The fourth-order valence-electron chi connectivity index (χ4n) is 3.90. The lowest BCUT2D eigenvalue weighted by molar-refractivity contribution is -0.116. The minimum absolute atomic E-state index is 0.00707. The Balaban J connectivity index is 1.63. The number of carbonyl (C=O) groups excluding carboxylic acids is 1.